The first-order valence-corrected chi connectivity index (χ1v) is 7.79. The Morgan fingerprint density at radius 2 is 2.05 bits per heavy atom. The van der Waals surface area contributed by atoms with Crippen molar-refractivity contribution in [2.75, 3.05) is 13.1 Å². The van der Waals surface area contributed by atoms with Crippen LogP contribution in [0.5, 0.6) is 0 Å². The van der Waals surface area contributed by atoms with E-state index >= 15 is 0 Å². The first kappa shape index (κ1) is 14.9. The second-order valence-corrected chi connectivity index (χ2v) is 6.86. The number of hydrogen-bond donors (Lipinski definition) is 1. The summed E-state index contributed by atoms with van der Waals surface area (Å²) in [5.74, 6) is -0.540. The number of aliphatic carboxylic acids is 1. The lowest BCUT2D eigenvalue weighted by Gasteiger charge is -2.35. The van der Waals surface area contributed by atoms with E-state index in [0.717, 1.165) is 34.0 Å². The molecule has 4 nitrogen and oxygen atoms in total. The average Bonchev–Trinajstić information content (AvgIpc) is 2.33. The molecule has 0 aliphatic carbocycles. The van der Waals surface area contributed by atoms with Crippen LogP contribution >= 0.6 is 31.9 Å². The first-order chi connectivity index (χ1) is 8.97. The van der Waals surface area contributed by atoms with E-state index in [1.807, 2.05) is 0 Å². The third-order valence-electron chi connectivity index (χ3n) is 3.42. The normalized spacial score (nSPS) is 24.4. The molecule has 1 N–H and O–H groups in total. The Kier molecular flexibility index (Phi) is 4.97. The standard InChI is InChI=1S/C13H16Br2N2O2/c1-8-2-9(13(18)19)6-17(5-8)7-10-11(14)3-16-4-12(10)15/h3-4,8-9H,2,5-7H2,1H3,(H,18,19). The Morgan fingerprint density at radius 3 is 2.63 bits per heavy atom. The van der Waals surface area contributed by atoms with Crippen molar-refractivity contribution < 1.29 is 9.90 Å². The lowest BCUT2D eigenvalue weighted by atomic mass is 9.90. The fourth-order valence-electron chi connectivity index (χ4n) is 2.58. The number of aromatic nitrogens is 1. The fourth-order valence-corrected chi connectivity index (χ4v) is 3.76. The van der Waals surface area contributed by atoms with Gasteiger partial charge in [0.25, 0.3) is 0 Å². The highest BCUT2D eigenvalue weighted by atomic mass is 79.9. The van der Waals surface area contributed by atoms with E-state index in [0.29, 0.717) is 12.5 Å². The molecule has 2 rings (SSSR count). The number of likely N-dealkylation sites (tertiary alicyclic amines) is 1. The molecule has 1 fully saturated rings. The third kappa shape index (κ3) is 3.77. The fraction of sp³-hybridized carbons (Fsp3) is 0.538. The molecular formula is C13H16Br2N2O2. The van der Waals surface area contributed by atoms with Crippen LogP contribution in [0.4, 0.5) is 0 Å². The SMILES string of the molecule is CC1CC(C(=O)O)CN(Cc2c(Br)cncc2Br)C1. The number of hydrogen-bond acceptors (Lipinski definition) is 3. The molecule has 0 aromatic carbocycles. The van der Waals surface area contributed by atoms with Crippen molar-refractivity contribution >= 4 is 37.8 Å². The molecule has 1 aliphatic heterocycles. The quantitative estimate of drug-likeness (QED) is 0.859. The Labute approximate surface area is 129 Å². The number of piperidine rings is 1. The largest absolute Gasteiger partial charge is 0.481 e. The van der Waals surface area contributed by atoms with Gasteiger partial charge < -0.3 is 5.11 Å². The summed E-state index contributed by atoms with van der Waals surface area (Å²) >= 11 is 7.00. The smallest absolute Gasteiger partial charge is 0.307 e. The van der Waals surface area contributed by atoms with Gasteiger partial charge in [-0.05, 0) is 49.8 Å². The van der Waals surface area contributed by atoms with Crippen LogP contribution in [-0.2, 0) is 11.3 Å². The Hall–Kier alpha value is -0.460. The molecule has 0 bridgehead atoms. The van der Waals surface area contributed by atoms with Crippen LogP contribution in [0.3, 0.4) is 0 Å². The number of rotatable bonds is 3. The van der Waals surface area contributed by atoms with Crippen LogP contribution in [0.2, 0.25) is 0 Å². The van der Waals surface area contributed by atoms with Crippen LogP contribution in [0.15, 0.2) is 21.3 Å². The summed E-state index contributed by atoms with van der Waals surface area (Å²) < 4.78 is 1.90. The van der Waals surface area contributed by atoms with Crippen LogP contribution in [0, 0.1) is 11.8 Å². The molecule has 6 heteroatoms. The second kappa shape index (κ2) is 6.33. The lowest BCUT2D eigenvalue weighted by Crippen LogP contribution is -2.42. The Balaban J connectivity index is 2.12. The molecule has 1 saturated heterocycles. The van der Waals surface area contributed by atoms with E-state index in [-0.39, 0.29) is 5.92 Å². The highest BCUT2D eigenvalue weighted by molar-refractivity contribution is 9.11. The molecule has 104 valence electrons. The van der Waals surface area contributed by atoms with Crippen LogP contribution in [0.1, 0.15) is 18.9 Å². The van der Waals surface area contributed by atoms with Gasteiger partial charge in [0.1, 0.15) is 0 Å². The van der Waals surface area contributed by atoms with Gasteiger partial charge in [-0.1, -0.05) is 6.92 Å². The maximum absolute atomic E-state index is 11.2. The van der Waals surface area contributed by atoms with Crippen molar-refractivity contribution in [1.29, 1.82) is 0 Å². The number of halogens is 2. The molecular weight excluding hydrogens is 376 g/mol. The third-order valence-corrected chi connectivity index (χ3v) is 4.79. The van der Waals surface area contributed by atoms with E-state index in [4.69, 9.17) is 0 Å². The summed E-state index contributed by atoms with van der Waals surface area (Å²) in [5.41, 5.74) is 1.12. The van der Waals surface area contributed by atoms with Gasteiger partial charge in [0.2, 0.25) is 0 Å². The molecule has 0 spiro atoms. The van der Waals surface area contributed by atoms with Crippen molar-refractivity contribution in [1.82, 2.24) is 9.88 Å². The van der Waals surface area contributed by atoms with Gasteiger partial charge in [0, 0.05) is 41.0 Å². The lowest BCUT2D eigenvalue weighted by molar-refractivity contribution is -0.144. The summed E-state index contributed by atoms with van der Waals surface area (Å²) in [7, 11) is 0. The molecule has 19 heavy (non-hydrogen) atoms. The van der Waals surface area contributed by atoms with Crippen molar-refractivity contribution in [3.8, 4) is 0 Å². The average molecular weight is 392 g/mol. The van der Waals surface area contributed by atoms with E-state index < -0.39 is 5.97 Å². The van der Waals surface area contributed by atoms with Crippen LogP contribution < -0.4 is 0 Å². The Bertz CT molecular complexity index is 461. The number of carboxylic acid groups (broad SMARTS) is 1. The van der Waals surface area contributed by atoms with Crippen LogP contribution in [0.25, 0.3) is 0 Å². The van der Waals surface area contributed by atoms with Gasteiger partial charge >= 0.3 is 5.97 Å². The van der Waals surface area contributed by atoms with E-state index in [2.05, 4.69) is 48.7 Å². The van der Waals surface area contributed by atoms with Gasteiger partial charge in [-0.15, -0.1) is 0 Å². The van der Waals surface area contributed by atoms with E-state index in [1.54, 1.807) is 12.4 Å². The van der Waals surface area contributed by atoms with Crippen molar-refractivity contribution in [2.24, 2.45) is 11.8 Å². The summed E-state index contributed by atoms with van der Waals surface area (Å²) in [4.78, 5) is 17.5. The number of carbonyl (C=O) groups is 1. The minimum Gasteiger partial charge on any atom is -0.481 e. The molecule has 0 saturated carbocycles. The monoisotopic (exact) mass is 390 g/mol. The van der Waals surface area contributed by atoms with Crippen molar-refractivity contribution in [3.05, 3.63) is 26.9 Å². The highest BCUT2D eigenvalue weighted by Crippen LogP contribution is 2.28. The summed E-state index contributed by atoms with van der Waals surface area (Å²) in [6.07, 6.45) is 4.30. The van der Waals surface area contributed by atoms with E-state index in [1.165, 1.54) is 0 Å². The van der Waals surface area contributed by atoms with Crippen molar-refractivity contribution in [2.45, 2.75) is 19.9 Å². The van der Waals surface area contributed by atoms with E-state index in [9.17, 15) is 9.90 Å². The number of pyridine rings is 1. The summed E-state index contributed by atoms with van der Waals surface area (Å²) in [6.45, 7) is 4.39. The minimum absolute atomic E-state index is 0.261. The Morgan fingerprint density at radius 1 is 1.42 bits per heavy atom. The summed E-state index contributed by atoms with van der Waals surface area (Å²) in [5, 5.41) is 9.19. The molecule has 1 aliphatic rings. The van der Waals surface area contributed by atoms with Crippen LogP contribution in [-0.4, -0.2) is 34.0 Å². The minimum atomic E-state index is -0.690. The first-order valence-electron chi connectivity index (χ1n) is 6.20. The number of carboxylic acids is 1. The molecule has 1 aromatic heterocycles. The molecule has 1 aromatic rings. The maximum atomic E-state index is 11.2. The predicted octanol–water partition coefficient (Wildman–Crippen LogP) is 3.15. The van der Waals surface area contributed by atoms with Gasteiger partial charge in [-0.3, -0.25) is 14.7 Å². The van der Waals surface area contributed by atoms with Gasteiger partial charge in [0.15, 0.2) is 0 Å². The van der Waals surface area contributed by atoms with Crippen molar-refractivity contribution in [3.63, 3.8) is 0 Å². The van der Waals surface area contributed by atoms with Gasteiger partial charge in [-0.2, -0.15) is 0 Å². The topological polar surface area (TPSA) is 53.4 Å². The highest BCUT2D eigenvalue weighted by Gasteiger charge is 2.29. The zero-order chi connectivity index (χ0) is 14.0. The van der Waals surface area contributed by atoms with Gasteiger partial charge in [0.05, 0.1) is 5.92 Å². The molecule has 2 unspecified atom stereocenters. The zero-order valence-corrected chi connectivity index (χ0v) is 13.8. The molecule has 0 radical (unpaired) electrons. The number of nitrogens with zero attached hydrogens (tertiary/aromatic N) is 2. The molecule has 0 amide bonds. The molecule has 2 heterocycles. The maximum Gasteiger partial charge on any atom is 0.307 e. The zero-order valence-electron chi connectivity index (χ0n) is 10.6. The molecule has 2 atom stereocenters. The van der Waals surface area contributed by atoms with Gasteiger partial charge in [-0.25, -0.2) is 0 Å². The summed E-state index contributed by atoms with van der Waals surface area (Å²) in [6, 6.07) is 0. The second-order valence-electron chi connectivity index (χ2n) is 5.15. The predicted molar refractivity (Wildman–Crippen MR) is 79.8 cm³/mol.